The lowest BCUT2D eigenvalue weighted by atomic mass is 10.1. The molecule has 1 atom stereocenters. The van der Waals surface area contributed by atoms with Crippen LogP contribution in [0, 0.1) is 0 Å². The van der Waals surface area contributed by atoms with E-state index in [1.807, 2.05) is 13.8 Å². The number of benzene rings is 2. The average molecular weight is 435 g/mol. The zero-order chi connectivity index (χ0) is 21.9. The van der Waals surface area contributed by atoms with Crippen LogP contribution in [0.3, 0.4) is 0 Å². The summed E-state index contributed by atoms with van der Waals surface area (Å²) in [4.78, 5) is 12.4. The lowest BCUT2D eigenvalue weighted by Gasteiger charge is -2.21. The van der Waals surface area contributed by atoms with E-state index in [9.17, 15) is 13.2 Å². The molecule has 0 aromatic heterocycles. The second-order valence-corrected chi connectivity index (χ2v) is 8.95. The number of sulfonamides is 1. The van der Waals surface area contributed by atoms with Gasteiger partial charge in [-0.05, 0) is 56.7 Å². The lowest BCUT2D eigenvalue weighted by Crippen LogP contribution is -2.31. The maximum absolute atomic E-state index is 13.0. The van der Waals surface area contributed by atoms with Crippen molar-refractivity contribution in [1.82, 2.24) is 10.0 Å². The molecular weight excluding hydrogens is 408 g/mol. The van der Waals surface area contributed by atoms with Gasteiger partial charge in [0.25, 0.3) is 5.91 Å². The van der Waals surface area contributed by atoms with E-state index in [0.717, 1.165) is 5.56 Å². The Labute approximate surface area is 176 Å². The zero-order valence-corrected chi connectivity index (χ0v) is 18.2. The van der Waals surface area contributed by atoms with E-state index in [1.54, 1.807) is 25.1 Å². The van der Waals surface area contributed by atoms with E-state index in [2.05, 4.69) is 10.0 Å². The van der Waals surface area contributed by atoms with Crippen molar-refractivity contribution < 1.29 is 27.4 Å². The number of ether oxygens (including phenoxy) is 3. The molecule has 1 amide bonds. The van der Waals surface area contributed by atoms with Crippen molar-refractivity contribution in [2.75, 3.05) is 20.3 Å². The molecule has 3 rings (SSSR count). The van der Waals surface area contributed by atoms with Crippen molar-refractivity contribution in [3.63, 3.8) is 0 Å². The van der Waals surface area contributed by atoms with Crippen LogP contribution in [0.5, 0.6) is 17.2 Å². The summed E-state index contributed by atoms with van der Waals surface area (Å²) in [5, 5.41) is 2.75. The first-order valence-corrected chi connectivity index (χ1v) is 11.1. The number of carbonyl (C=O) groups is 1. The molecule has 162 valence electrons. The largest absolute Gasteiger partial charge is 0.496 e. The Morgan fingerprint density at radius 2 is 1.73 bits per heavy atom. The highest BCUT2D eigenvalue weighted by atomic mass is 32.2. The number of hydrogen-bond donors (Lipinski definition) is 2. The lowest BCUT2D eigenvalue weighted by molar-refractivity contribution is 0.0940. The van der Waals surface area contributed by atoms with E-state index >= 15 is 0 Å². The molecule has 0 unspecified atom stereocenters. The van der Waals surface area contributed by atoms with Gasteiger partial charge in [-0.2, -0.15) is 0 Å². The standard InChI is InChI=1S/C21H26N2O6S/c1-13(2)22-21(24)17-12-16(6-8-18(17)27-4)30(25,26)23-14(3)15-5-7-19-20(11-15)29-10-9-28-19/h5-8,11-14,23H,9-10H2,1-4H3,(H,22,24)/t14-/m1/s1. The molecule has 0 radical (unpaired) electrons. The summed E-state index contributed by atoms with van der Waals surface area (Å²) in [7, 11) is -2.47. The smallest absolute Gasteiger partial charge is 0.255 e. The molecule has 1 aliphatic rings. The van der Waals surface area contributed by atoms with E-state index in [-0.39, 0.29) is 16.5 Å². The zero-order valence-electron chi connectivity index (χ0n) is 17.4. The van der Waals surface area contributed by atoms with Crippen LogP contribution in [0.4, 0.5) is 0 Å². The minimum Gasteiger partial charge on any atom is -0.496 e. The van der Waals surface area contributed by atoms with Gasteiger partial charge in [0.15, 0.2) is 11.5 Å². The van der Waals surface area contributed by atoms with E-state index < -0.39 is 22.0 Å². The number of carbonyl (C=O) groups excluding carboxylic acids is 1. The van der Waals surface area contributed by atoms with Crippen molar-refractivity contribution in [1.29, 1.82) is 0 Å². The number of hydrogen-bond acceptors (Lipinski definition) is 6. The van der Waals surface area contributed by atoms with Gasteiger partial charge in [0.2, 0.25) is 10.0 Å². The van der Waals surface area contributed by atoms with Crippen molar-refractivity contribution in [2.24, 2.45) is 0 Å². The molecule has 0 saturated carbocycles. The first kappa shape index (κ1) is 21.9. The predicted molar refractivity (Wildman–Crippen MR) is 112 cm³/mol. The molecule has 2 aromatic rings. The SMILES string of the molecule is COc1ccc(S(=O)(=O)N[C@H](C)c2ccc3c(c2)OCCO3)cc1C(=O)NC(C)C. The summed E-state index contributed by atoms with van der Waals surface area (Å²) in [6.45, 7) is 6.31. The van der Waals surface area contributed by atoms with Crippen molar-refractivity contribution in [3.8, 4) is 17.2 Å². The first-order chi connectivity index (χ1) is 14.2. The fraction of sp³-hybridized carbons (Fsp3) is 0.381. The van der Waals surface area contributed by atoms with Gasteiger partial charge in [-0.15, -0.1) is 0 Å². The minimum absolute atomic E-state index is 0.0263. The predicted octanol–water partition coefficient (Wildman–Crippen LogP) is 2.64. The summed E-state index contributed by atoms with van der Waals surface area (Å²) in [5.41, 5.74) is 0.884. The van der Waals surface area contributed by atoms with E-state index in [1.165, 1.54) is 25.3 Å². The second kappa shape index (κ2) is 8.93. The average Bonchev–Trinajstić information content (AvgIpc) is 2.72. The van der Waals surface area contributed by atoms with Crippen LogP contribution in [0.25, 0.3) is 0 Å². The second-order valence-electron chi connectivity index (χ2n) is 7.24. The fourth-order valence-corrected chi connectivity index (χ4v) is 4.33. The molecule has 0 aliphatic carbocycles. The van der Waals surface area contributed by atoms with Gasteiger partial charge < -0.3 is 19.5 Å². The summed E-state index contributed by atoms with van der Waals surface area (Å²) in [5.74, 6) is 1.11. The highest BCUT2D eigenvalue weighted by Crippen LogP contribution is 2.33. The van der Waals surface area contributed by atoms with Gasteiger partial charge >= 0.3 is 0 Å². The van der Waals surface area contributed by atoms with Crippen molar-refractivity contribution in [2.45, 2.75) is 37.8 Å². The molecule has 2 N–H and O–H groups in total. The van der Waals surface area contributed by atoms with Crippen LogP contribution in [-0.2, 0) is 10.0 Å². The van der Waals surface area contributed by atoms with Crippen LogP contribution in [0.2, 0.25) is 0 Å². The Bertz CT molecular complexity index is 1040. The third-order valence-electron chi connectivity index (χ3n) is 4.54. The highest BCUT2D eigenvalue weighted by Gasteiger charge is 2.23. The van der Waals surface area contributed by atoms with Gasteiger partial charge in [-0.25, -0.2) is 13.1 Å². The van der Waals surface area contributed by atoms with Gasteiger partial charge in [0, 0.05) is 12.1 Å². The number of fused-ring (bicyclic) bond motifs is 1. The summed E-state index contributed by atoms with van der Waals surface area (Å²) < 4.78 is 44.9. The first-order valence-electron chi connectivity index (χ1n) is 9.62. The van der Waals surface area contributed by atoms with E-state index in [4.69, 9.17) is 14.2 Å². The molecular formula is C21H26N2O6S. The molecule has 0 saturated heterocycles. The Hall–Kier alpha value is -2.78. The fourth-order valence-electron chi connectivity index (χ4n) is 3.07. The van der Waals surface area contributed by atoms with Gasteiger partial charge in [0.05, 0.1) is 17.6 Å². The number of methoxy groups -OCH3 is 1. The molecule has 1 heterocycles. The van der Waals surface area contributed by atoms with Gasteiger partial charge in [-0.3, -0.25) is 4.79 Å². The van der Waals surface area contributed by atoms with Crippen LogP contribution in [0.1, 0.15) is 42.7 Å². The molecule has 8 nitrogen and oxygen atoms in total. The Kier molecular flexibility index (Phi) is 6.52. The Balaban J connectivity index is 1.85. The third kappa shape index (κ3) is 4.85. The van der Waals surface area contributed by atoms with Crippen LogP contribution in [-0.4, -0.2) is 40.7 Å². The maximum Gasteiger partial charge on any atom is 0.255 e. The molecule has 1 aliphatic heterocycles. The minimum atomic E-state index is -3.90. The Morgan fingerprint density at radius 3 is 2.40 bits per heavy atom. The molecule has 2 aromatic carbocycles. The molecule has 30 heavy (non-hydrogen) atoms. The number of amides is 1. The van der Waals surface area contributed by atoms with E-state index in [0.29, 0.717) is 30.5 Å². The molecule has 0 spiro atoms. The summed E-state index contributed by atoms with van der Waals surface area (Å²) in [6.07, 6.45) is 0. The molecule has 9 heteroatoms. The quantitative estimate of drug-likeness (QED) is 0.695. The topological polar surface area (TPSA) is 103 Å². The maximum atomic E-state index is 13.0. The third-order valence-corrected chi connectivity index (χ3v) is 6.08. The monoisotopic (exact) mass is 434 g/mol. The van der Waals surface area contributed by atoms with Gasteiger partial charge in [-0.1, -0.05) is 6.07 Å². The Morgan fingerprint density at radius 1 is 1.03 bits per heavy atom. The van der Waals surface area contributed by atoms with Crippen molar-refractivity contribution in [3.05, 3.63) is 47.5 Å². The molecule has 0 fully saturated rings. The number of nitrogens with one attached hydrogen (secondary N) is 2. The summed E-state index contributed by atoms with van der Waals surface area (Å²) >= 11 is 0. The van der Waals surface area contributed by atoms with Crippen LogP contribution < -0.4 is 24.2 Å². The van der Waals surface area contributed by atoms with Gasteiger partial charge in [0.1, 0.15) is 19.0 Å². The normalized spacial score (nSPS) is 14.3. The van der Waals surface area contributed by atoms with Crippen molar-refractivity contribution >= 4 is 15.9 Å². The highest BCUT2D eigenvalue weighted by molar-refractivity contribution is 7.89. The summed E-state index contributed by atoms with van der Waals surface area (Å²) in [6, 6.07) is 8.87. The van der Waals surface area contributed by atoms with Crippen LogP contribution >= 0.6 is 0 Å². The molecule has 0 bridgehead atoms. The van der Waals surface area contributed by atoms with Crippen LogP contribution in [0.15, 0.2) is 41.3 Å². The number of rotatable bonds is 7.